The molecule has 1 saturated heterocycles. The number of carbonyl (C=O) groups is 1. The number of anilines is 2. The van der Waals surface area contributed by atoms with Crippen molar-refractivity contribution >= 4 is 17.3 Å². The molecule has 3 aliphatic rings. The number of piperidine rings is 1. The van der Waals surface area contributed by atoms with Gasteiger partial charge >= 0.3 is 0 Å². The second kappa shape index (κ2) is 9.73. The molecular weight excluding hydrogens is 486 g/mol. The van der Waals surface area contributed by atoms with Gasteiger partial charge in [0.25, 0.3) is 5.91 Å². The number of amides is 1. The van der Waals surface area contributed by atoms with E-state index in [-0.39, 0.29) is 16.7 Å². The maximum Gasteiger partial charge on any atom is 0.274 e. The predicted molar refractivity (Wildman–Crippen MR) is 154 cm³/mol. The highest BCUT2D eigenvalue weighted by Gasteiger charge is 2.48. The van der Waals surface area contributed by atoms with Crippen molar-refractivity contribution in [3.63, 3.8) is 0 Å². The molecule has 1 saturated carbocycles. The molecule has 2 aromatic heterocycles. The van der Waals surface area contributed by atoms with Crippen LogP contribution in [0.25, 0.3) is 0 Å². The van der Waals surface area contributed by atoms with Crippen LogP contribution in [0, 0.1) is 11.8 Å². The van der Waals surface area contributed by atoms with Crippen molar-refractivity contribution in [3.05, 3.63) is 65.0 Å². The Kier molecular flexibility index (Phi) is 6.49. The van der Waals surface area contributed by atoms with Crippen molar-refractivity contribution in [1.29, 1.82) is 0 Å². The number of aromatic nitrogens is 4. The molecule has 8 nitrogen and oxygen atoms in total. The number of fused-ring (bicyclic) bond motifs is 1. The monoisotopic (exact) mass is 527 g/mol. The molecule has 39 heavy (non-hydrogen) atoms. The molecule has 1 aromatic carbocycles. The third-order valence-electron chi connectivity index (χ3n) is 9.02. The molecule has 2 N–H and O–H groups in total. The smallest absolute Gasteiger partial charge is 0.274 e. The van der Waals surface area contributed by atoms with Gasteiger partial charge in [0, 0.05) is 37.8 Å². The Morgan fingerprint density at radius 3 is 2.72 bits per heavy atom. The summed E-state index contributed by atoms with van der Waals surface area (Å²) < 4.78 is 2.02. The van der Waals surface area contributed by atoms with E-state index in [1.54, 1.807) is 6.33 Å². The summed E-state index contributed by atoms with van der Waals surface area (Å²) >= 11 is 0. The van der Waals surface area contributed by atoms with Crippen LogP contribution in [0.5, 0.6) is 0 Å². The molecule has 4 heterocycles. The van der Waals surface area contributed by atoms with Crippen molar-refractivity contribution in [2.24, 2.45) is 18.9 Å². The molecule has 1 aliphatic carbocycles. The molecule has 0 spiro atoms. The summed E-state index contributed by atoms with van der Waals surface area (Å²) in [5, 5.41) is 15.4. The molecule has 1 atom stereocenters. The number of hydrogen-bond donors (Lipinski definition) is 2. The zero-order chi connectivity index (χ0) is 27.4. The summed E-state index contributed by atoms with van der Waals surface area (Å²) in [7, 11) is 2.00. The van der Waals surface area contributed by atoms with E-state index in [9.17, 15) is 4.79 Å². The quantitative estimate of drug-likeness (QED) is 0.463. The van der Waals surface area contributed by atoms with Crippen LogP contribution in [-0.2, 0) is 24.4 Å². The molecular formula is C31H41N7O. The van der Waals surface area contributed by atoms with Crippen LogP contribution in [-0.4, -0.2) is 50.2 Å². The second-order valence-electron chi connectivity index (χ2n) is 13.0. The zero-order valence-corrected chi connectivity index (χ0v) is 23.9. The third kappa shape index (κ3) is 4.73. The van der Waals surface area contributed by atoms with E-state index in [2.05, 4.69) is 65.6 Å². The molecule has 0 unspecified atom stereocenters. The summed E-state index contributed by atoms with van der Waals surface area (Å²) in [5.41, 5.74) is 5.41. The summed E-state index contributed by atoms with van der Waals surface area (Å²) in [6, 6.07) is 10.2. The predicted octanol–water partition coefficient (Wildman–Crippen LogP) is 5.11. The van der Waals surface area contributed by atoms with Gasteiger partial charge < -0.3 is 15.2 Å². The normalized spacial score (nSPS) is 26.0. The van der Waals surface area contributed by atoms with Gasteiger partial charge in [0.1, 0.15) is 17.8 Å². The van der Waals surface area contributed by atoms with Crippen molar-refractivity contribution in [1.82, 2.24) is 24.6 Å². The Balaban J connectivity index is 1.29. The van der Waals surface area contributed by atoms with Gasteiger partial charge in [0.05, 0.1) is 16.8 Å². The molecule has 2 aliphatic heterocycles. The molecule has 0 radical (unpaired) electrons. The molecule has 8 heteroatoms. The van der Waals surface area contributed by atoms with E-state index in [1.165, 1.54) is 24.0 Å². The number of rotatable bonds is 6. The van der Waals surface area contributed by atoms with Crippen LogP contribution in [0.1, 0.15) is 86.5 Å². The topological polar surface area (TPSA) is 88.0 Å². The number of carbonyl (C=O) groups excluding carboxylic acids is 1. The number of aryl methyl sites for hydroxylation is 1. The number of benzene rings is 1. The third-order valence-corrected chi connectivity index (χ3v) is 9.02. The van der Waals surface area contributed by atoms with Crippen molar-refractivity contribution < 1.29 is 4.79 Å². The van der Waals surface area contributed by atoms with E-state index in [0.29, 0.717) is 17.5 Å². The highest BCUT2D eigenvalue weighted by molar-refractivity contribution is 6.03. The van der Waals surface area contributed by atoms with E-state index >= 15 is 0 Å². The largest absolute Gasteiger partial charge is 0.382 e. The first-order chi connectivity index (χ1) is 18.6. The van der Waals surface area contributed by atoms with Crippen LogP contribution in [0.15, 0.2) is 36.7 Å². The SMILES string of the molecule is CC1CC(c2cccc(NC(=O)c3cc(CN4CCC[C@H](C)C4)c4c(n3)C(C)(C)CN4)c2)(c2nncn2C)C1. The lowest BCUT2D eigenvalue weighted by atomic mass is 9.58. The number of nitrogens with zero attached hydrogens (tertiary/aromatic N) is 5. The maximum absolute atomic E-state index is 13.7. The lowest BCUT2D eigenvalue weighted by Gasteiger charge is -2.46. The van der Waals surface area contributed by atoms with E-state index in [0.717, 1.165) is 61.9 Å². The summed E-state index contributed by atoms with van der Waals surface area (Å²) in [6.07, 6.45) is 6.32. The van der Waals surface area contributed by atoms with E-state index < -0.39 is 0 Å². The minimum atomic E-state index is -0.175. The summed E-state index contributed by atoms with van der Waals surface area (Å²) in [6.45, 7) is 12.9. The van der Waals surface area contributed by atoms with Gasteiger partial charge in [-0.2, -0.15) is 0 Å². The van der Waals surface area contributed by atoms with Gasteiger partial charge in [0.2, 0.25) is 0 Å². The van der Waals surface area contributed by atoms with Gasteiger partial charge in [0.15, 0.2) is 0 Å². The van der Waals surface area contributed by atoms with E-state index in [1.807, 2.05) is 29.8 Å². The molecule has 6 rings (SSSR count). The number of likely N-dealkylation sites (tertiary alicyclic amines) is 1. The Labute approximate surface area is 231 Å². The first-order valence-corrected chi connectivity index (χ1v) is 14.4. The Morgan fingerprint density at radius 1 is 1.18 bits per heavy atom. The molecule has 1 amide bonds. The lowest BCUT2D eigenvalue weighted by Crippen LogP contribution is -2.43. The van der Waals surface area contributed by atoms with Crippen LogP contribution in [0.4, 0.5) is 11.4 Å². The fourth-order valence-electron chi connectivity index (χ4n) is 7.07. The zero-order valence-electron chi connectivity index (χ0n) is 23.9. The molecule has 0 bridgehead atoms. The Morgan fingerprint density at radius 2 is 2.00 bits per heavy atom. The average molecular weight is 528 g/mol. The lowest BCUT2D eigenvalue weighted by molar-refractivity contribution is 0.102. The molecule has 206 valence electrons. The standard InChI is InChI=1S/C31H41N7O/c1-20-8-7-11-38(16-20)17-22-12-25(35-27-26(22)32-18-30(27,3)4)28(39)34-24-10-6-9-23(13-24)31(14-21(2)15-31)29-36-33-19-37(29)5/h6,9-10,12-13,19-21,32H,7-8,11,14-18H2,1-5H3,(H,34,39)/t20-,21?,31?/m0/s1. The minimum absolute atomic E-state index is 0.126. The molecule has 2 fully saturated rings. The highest BCUT2D eigenvalue weighted by atomic mass is 16.1. The summed E-state index contributed by atoms with van der Waals surface area (Å²) in [5.74, 6) is 2.14. The number of nitrogens with one attached hydrogen (secondary N) is 2. The van der Waals surface area contributed by atoms with Crippen molar-refractivity contribution in [2.75, 3.05) is 30.3 Å². The Hall–Kier alpha value is -3.26. The Bertz CT molecular complexity index is 1390. The van der Waals surface area contributed by atoms with Crippen LogP contribution < -0.4 is 10.6 Å². The first-order valence-electron chi connectivity index (χ1n) is 14.4. The van der Waals surface area contributed by atoms with Crippen molar-refractivity contribution in [2.45, 2.75) is 70.8 Å². The van der Waals surface area contributed by atoms with Crippen LogP contribution >= 0.6 is 0 Å². The average Bonchev–Trinajstić information content (AvgIpc) is 3.44. The molecule has 3 aromatic rings. The van der Waals surface area contributed by atoms with Crippen molar-refractivity contribution in [3.8, 4) is 0 Å². The maximum atomic E-state index is 13.7. The van der Waals surface area contributed by atoms with Gasteiger partial charge in [-0.3, -0.25) is 9.69 Å². The van der Waals surface area contributed by atoms with Gasteiger partial charge in [-0.1, -0.05) is 39.8 Å². The first kappa shape index (κ1) is 26.0. The van der Waals surface area contributed by atoms with Gasteiger partial charge in [-0.15, -0.1) is 10.2 Å². The fourth-order valence-corrected chi connectivity index (χ4v) is 7.07. The summed E-state index contributed by atoms with van der Waals surface area (Å²) in [4.78, 5) is 21.1. The van der Waals surface area contributed by atoms with Gasteiger partial charge in [-0.05, 0) is 73.4 Å². The van der Waals surface area contributed by atoms with E-state index in [4.69, 9.17) is 4.98 Å². The fraction of sp³-hybridized carbons (Fsp3) is 0.548. The van der Waals surface area contributed by atoms with Crippen LogP contribution in [0.2, 0.25) is 0 Å². The minimum Gasteiger partial charge on any atom is -0.382 e. The number of pyridine rings is 1. The van der Waals surface area contributed by atoms with Crippen LogP contribution in [0.3, 0.4) is 0 Å². The highest BCUT2D eigenvalue weighted by Crippen LogP contribution is 2.51. The van der Waals surface area contributed by atoms with Gasteiger partial charge in [-0.25, -0.2) is 4.98 Å². The number of hydrogen-bond acceptors (Lipinski definition) is 6. The second-order valence-corrected chi connectivity index (χ2v) is 13.0.